The van der Waals surface area contributed by atoms with Crippen molar-refractivity contribution in [3.8, 4) is 0 Å². The second kappa shape index (κ2) is 4.03. The molecular weight excluding hydrogens is 208 g/mol. The maximum atomic E-state index is 11.7. The van der Waals surface area contributed by atoms with E-state index in [1.165, 1.54) is 11.0 Å². The van der Waals surface area contributed by atoms with Crippen molar-refractivity contribution < 1.29 is 0 Å². The minimum atomic E-state index is -0.602. The van der Waals surface area contributed by atoms with Gasteiger partial charge in [0.05, 0.1) is 0 Å². The number of nitrogens with zero attached hydrogens (tertiary/aromatic N) is 1. The molecule has 1 aromatic heterocycles. The van der Waals surface area contributed by atoms with Crippen LogP contribution in [0.15, 0.2) is 9.59 Å². The summed E-state index contributed by atoms with van der Waals surface area (Å²) in [7, 11) is 0. The van der Waals surface area contributed by atoms with Gasteiger partial charge in [0.2, 0.25) is 0 Å². The smallest absolute Gasteiger partial charge is 0.330 e. The van der Waals surface area contributed by atoms with Gasteiger partial charge in [-0.1, -0.05) is 19.3 Å². The lowest BCUT2D eigenvalue weighted by molar-refractivity contribution is 0.346. The van der Waals surface area contributed by atoms with E-state index in [0.717, 1.165) is 25.7 Å². The Labute approximate surface area is 92.3 Å². The monoisotopic (exact) mass is 224 g/mol. The van der Waals surface area contributed by atoms with Gasteiger partial charge in [-0.3, -0.25) is 14.3 Å². The van der Waals surface area contributed by atoms with Crippen molar-refractivity contribution in [1.29, 1.82) is 0 Å². The summed E-state index contributed by atoms with van der Waals surface area (Å²) in [6, 6.07) is 0.0698. The number of nitrogens with one attached hydrogen (secondary N) is 1. The first-order chi connectivity index (χ1) is 7.61. The van der Waals surface area contributed by atoms with Crippen molar-refractivity contribution >= 4 is 11.5 Å². The molecule has 1 aliphatic carbocycles. The van der Waals surface area contributed by atoms with Crippen molar-refractivity contribution in [2.24, 2.45) is 0 Å². The third kappa shape index (κ3) is 1.70. The number of nitrogens with two attached hydrogens (primary N) is 2. The van der Waals surface area contributed by atoms with Crippen molar-refractivity contribution in [2.75, 3.05) is 11.5 Å². The molecule has 2 rings (SSSR count). The van der Waals surface area contributed by atoms with E-state index in [0.29, 0.717) is 0 Å². The second-order valence-corrected chi connectivity index (χ2v) is 4.22. The molecule has 0 unspecified atom stereocenters. The summed E-state index contributed by atoms with van der Waals surface area (Å²) in [5.41, 5.74) is 10.1. The van der Waals surface area contributed by atoms with Crippen molar-refractivity contribution in [3.63, 3.8) is 0 Å². The number of hydrogen-bond acceptors (Lipinski definition) is 4. The SMILES string of the molecule is Nc1c(N)n(C2CCCCC2)c(=O)[nH]c1=O. The zero-order valence-electron chi connectivity index (χ0n) is 9.03. The zero-order valence-corrected chi connectivity index (χ0v) is 9.03. The quantitative estimate of drug-likeness (QED) is 0.633. The topological polar surface area (TPSA) is 107 Å². The summed E-state index contributed by atoms with van der Waals surface area (Å²) in [5.74, 6) is 0.0978. The van der Waals surface area contributed by atoms with Gasteiger partial charge in [0, 0.05) is 6.04 Å². The fraction of sp³-hybridized carbons (Fsp3) is 0.600. The number of hydrogen-bond donors (Lipinski definition) is 3. The lowest BCUT2D eigenvalue weighted by Crippen LogP contribution is -2.36. The molecule has 1 aromatic rings. The highest BCUT2D eigenvalue weighted by atomic mass is 16.2. The molecule has 5 N–H and O–H groups in total. The van der Waals surface area contributed by atoms with E-state index in [1.807, 2.05) is 0 Å². The molecule has 6 nitrogen and oxygen atoms in total. The van der Waals surface area contributed by atoms with Gasteiger partial charge in [-0.15, -0.1) is 0 Å². The molecular formula is C10H16N4O2. The van der Waals surface area contributed by atoms with Crippen LogP contribution in [-0.4, -0.2) is 9.55 Å². The van der Waals surface area contributed by atoms with E-state index < -0.39 is 11.2 Å². The van der Waals surface area contributed by atoms with E-state index in [4.69, 9.17) is 11.5 Å². The molecule has 1 heterocycles. The number of H-pyrrole nitrogens is 1. The second-order valence-electron chi connectivity index (χ2n) is 4.22. The van der Waals surface area contributed by atoms with Crippen molar-refractivity contribution in [2.45, 2.75) is 38.1 Å². The van der Waals surface area contributed by atoms with E-state index >= 15 is 0 Å². The highest BCUT2D eigenvalue weighted by Crippen LogP contribution is 2.28. The maximum absolute atomic E-state index is 11.7. The summed E-state index contributed by atoms with van der Waals surface area (Å²) in [5, 5.41) is 0. The van der Waals surface area contributed by atoms with Crippen LogP contribution in [-0.2, 0) is 0 Å². The molecule has 6 heteroatoms. The number of aromatic nitrogens is 2. The fourth-order valence-electron chi connectivity index (χ4n) is 2.28. The molecule has 0 saturated heterocycles. The van der Waals surface area contributed by atoms with Crippen LogP contribution in [0.4, 0.5) is 11.5 Å². The minimum absolute atomic E-state index is 0.0647. The molecule has 0 radical (unpaired) electrons. The van der Waals surface area contributed by atoms with Crippen LogP contribution in [0.1, 0.15) is 38.1 Å². The highest BCUT2D eigenvalue weighted by molar-refractivity contribution is 5.56. The van der Waals surface area contributed by atoms with Crippen molar-refractivity contribution in [3.05, 3.63) is 20.8 Å². The largest absolute Gasteiger partial charge is 0.391 e. The van der Waals surface area contributed by atoms with Crippen LogP contribution in [0.25, 0.3) is 0 Å². The molecule has 16 heavy (non-hydrogen) atoms. The van der Waals surface area contributed by atoms with Crippen LogP contribution in [0.3, 0.4) is 0 Å². The van der Waals surface area contributed by atoms with Gasteiger partial charge in [-0.2, -0.15) is 0 Å². The third-order valence-corrected chi connectivity index (χ3v) is 3.16. The Morgan fingerprint density at radius 2 is 1.75 bits per heavy atom. The molecule has 0 bridgehead atoms. The summed E-state index contributed by atoms with van der Waals surface area (Å²) < 4.78 is 1.43. The van der Waals surface area contributed by atoms with E-state index in [9.17, 15) is 9.59 Å². The summed E-state index contributed by atoms with van der Waals surface area (Å²) in [4.78, 5) is 25.1. The zero-order chi connectivity index (χ0) is 11.7. The van der Waals surface area contributed by atoms with Gasteiger partial charge in [0.25, 0.3) is 5.56 Å². The van der Waals surface area contributed by atoms with E-state index in [2.05, 4.69) is 4.98 Å². The number of anilines is 2. The van der Waals surface area contributed by atoms with Gasteiger partial charge in [0.15, 0.2) is 0 Å². The van der Waals surface area contributed by atoms with E-state index in [1.54, 1.807) is 0 Å². The number of nitrogen functional groups attached to an aromatic ring is 2. The first-order valence-electron chi connectivity index (χ1n) is 5.51. The van der Waals surface area contributed by atoms with Crippen molar-refractivity contribution in [1.82, 2.24) is 9.55 Å². The predicted octanol–water partition coefficient (Wildman–Crippen LogP) is 0.206. The molecule has 1 fully saturated rings. The van der Waals surface area contributed by atoms with Crippen LogP contribution in [0.5, 0.6) is 0 Å². The third-order valence-electron chi connectivity index (χ3n) is 3.16. The van der Waals surface area contributed by atoms with Gasteiger partial charge in [0.1, 0.15) is 11.5 Å². The van der Waals surface area contributed by atoms with Crippen LogP contribution < -0.4 is 22.7 Å². The summed E-state index contributed by atoms with van der Waals surface area (Å²) >= 11 is 0. The Morgan fingerprint density at radius 1 is 1.12 bits per heavy atom. The van der Waals surface area contributed by atoms with E-state index in [-0.39, 0.29) is 17.5 Å². The maximum Gasteiger partial charge on any atom is 0.330 e. The van der Waals surface area contributed by atoms with Crippen LogP contribution >= 0.6 is 0 Å². The molecule has 1 aliphatic rings. The predicted molar refractivity (Wildman–Crippen MR) is 62.3 cm³/mol. The Kier molecular flexibility index (Phi) is 2.72. The Hall–Kier alpha value is -1.72. The van der Waals surface area contributed by atoms with Gasteiger partial charge in [-0.05, 0) is 12.8 Å². The van der Waals surface area contributed by atoms with Crippen LogP contribution in [0.2, 0.25) is 0 Å². The van der Waals surface area contributed by atoms with Crippen LogP contribution in [0, 0.1) is 0 Å². The fourth-order valence-corrected chi connectivity index (χ4v) is 2.28. The molecule has 0 amide bonds. The average Bonchev–Trinajstić information content (AvgIpc) is 2.28. The van der Waals surface area contributed by atoms with Gasteiger partial charge in [-0.25, -0.2) is 4.79 Å². The Bertz CT molecular complexity index is 497. The molecule has 0 atom stereocenters. The summed E-state index contributed by atoms with van der Waals surface area (Å²) in [6.45, 7) is 0. The summed E-state index contributed by atoms with van der Waals surface area (Å²) in [6.07, 6.45) is 5.17. The van der Waals surface area contributed by atoms with Gasteiger partial charge >= 0.3 is 5.69 Å². The lowest BCUT2D eigenvalue weighted by Gasteiger charge is -2.25. The first kappa shape index (κ1) is 10.8. The molecule has 0 spiro atoms. The standard InChI is InChI=1S/C10H16N4O2/c11-7-8(12)14(10(16)13-9(7)15)6-4-2-1-3-5-6/h6H,1-5,11-12H2,(H,13,15,16). The first-order valence-corrected chi connectivity index (χ1v) is 5.51. The Morgan fingerprint density at radius 3 is 2.38 bits per heavy atom. The highest BCUT2D eigenvalue weighted by Gasteiger charge is 2.20. The Balaban J connectivity index is 2.51. The molecule has 0 aromatic carbocycles. The molecule has 1 saturated carbocycles. The number of rotatable bonds is 1. The number of aromatic amines is 1. The lowest BCUT2D eigenvalue weighted by atomic mass is 9.95. The molecule has 88 valence electrons. The average molecular weight is 224 g/mol. The molecule has 0 aliphatic heterocycles. The minimum Gasteiger partial charge on any atom is -0.391 e. The normalized spacial score (nSPS) is 17.5. The van der Waals surface area contributed by atoms with Gasteiger partial charge < -0.3 is 11.5 Å².